The summed E-state index contributed by atoms with van der Waals surface area (Å²) < 4.78 is 25.3. The highest BCUT2D eigenvalue weighted by atomic mass is 32.2. The minimum atomic E-state index is -3.01. The molecule has 1 amide bonds. The van der Waals surface area contributed by atoms with E-state index in [0.717, 1.165) is 24.4 Å². The summed E-state index contributed by atoms with van der Waals surface area (Å²) in [5.41, 5.74) is 0.928. The number of nitrogens with zero attached hydrogens (tertiary/aromatic N) is 5. The Morgan fingerprint density at radius 2 is 2.07 bits per heavy atom. The van der Waals surface area contributed by atoms with Gasteiger partial charge < -0.3 is 9.47 Å². The Bertz CT molecular complexity index is 899. The molecule has 10 heteroatoms. The summed E-state index contributed by atoms with van der Waals surface area (Å²) in [5.74, 6) is 1.06. The summed E-state index contributed by atoms with van der Waals surface area (Å²) in [6, 6.07) is 3.53. The predicted molar refractivity (Wildman–Crippen MR) is 104 cm³/mol. The molecule has 1 fully saturated rings. The number of rotatable bonds is 7. The van der Waals surface area contributed by atoms with Gasteiger partial charge in [0.25, 0.3) is 0 Å². The molecule has 8 nitrogen and oxygen atoms in total. The minimum Gasteiger partial charge on any atom is -0.341 e. The van der Waals surface area contributed by atoms with E-state index in [1.54, 1.807) is 24.3 Å². The molecule has 1 unspecified atom stereocenters. The van der Waals surface area contributed by atoms with Crippen LogP contribution >= 0.6 is 11.8 Å². The van der Waals surface area contributed by atoms with Gasteiger partial charge in [0, 0.05) is 37.6 Å². The van der Waals surface area contributed by atoms with E-state index in [0.29, 0.717) is 11.6 Å². The van der Waals surface area contributed by atoms with Gasteiger partial charge in [0.15, 0.2) is 20.8 Å². The molecule has 0 N–H and O–H groups in total. The first-order chi connectivity index (χ1) is 12.9. The van der Waals surface area contributed by atoms with E-state index in [2.05, 4.69) is 22.1 Å². The lowest BCUT2D eigenvalue weighted by molar-refractivity contribution is -0.128. The van der Waals surface area contributed by atoms with E-state index < -0.39 is 9.84 Å². The van der Waals surface area contributed by atoms with Crippen LogP contribution < -0.4 is 0 Å². The molecule has 3 heterocycles. The zero-order chi connectivity index (χ0) is 19.4. The second-order valence-electron chi connectivity index (χ2n) is 6.54. The summed E-state index contributed by atoms with van der Waals surface area (Å²) in [4.78, 5) is 18.1. The van der Waals surface area contributed by atoms with Crippen molar-refractivity contribution in [3.05, 3.63) is 24.5 Å². The zero-order valence-corrected chi connectivity index (χ0v) is 17.0. The van der Waals surface area contributed by atoms with Gasteiger partial charge in [0.05, 0.1) is 17.3 Å². The molecule has 0 radical (unpaired) electrons. The topological polar surface area (TPSA) is 98.1 Å². The van der Waals surface area contributed by atoms with Crippen molar-refractivity contribution in [1.29, 1.82) is 0 Å². The fraction of sp³-hybridized carbons (Fsp3) is 0.529. The molecule has 0 bridgehead atoms. The molecule has 1 saturated heterocycles. The molecule has 0 spiro atoms. The van der Waals surface area contributed by atoms with Gasteiger partial charge in [0.1, 0.15) is 0 Å². The average molecular weight is 410 g/mol. The van der Waals surface area contributed by atoms with Crippen molar-refractivity contribution in [1.82, 2.24) is 24.6 Å². The SMILES string of the molecule is CCCn1c(SCC(=O)N(C)C2CCS(=O)(=O)C2)nnc1-c1ccncc1. The fourth-order valence-electron chi connectivity index (χ4n) is 3.05. The predicted octanol–water partition coefficient (Wildman–Crippen LogP) is 1.49. The molecule has 1 aliphatic heterocycles. The number of aromatic nitrogens is 4. The van der Waals surface area contributed by atoms with Gasteiger partial charge in [-0.1, -0.05) is 18.7 Å². The van der Waals surface area contributed by atoms with Crippen molar-refractivity contribution in [2.75, 3.05) is 24.3 Å². The minimum absolute atomic E-state index is 0.0537. The monoisotopic (exact) mass is 409 g/mol. The standard InChI is InChI=1S/C17H23N5O3S2/c1-3-9-22-16(13-4-7-18-8-5-13)19-20-17(22)26-11-15(23)21(2)14-6-10-27(24,25)12-14/h4-5,7-8,14H,3,6,9-12H2,1-2H3. The van der Waals surface area contributed by atoms with E-state index in [9.17, 15) is 13.2 Å². The van der Waals surface area contributed by atoms with Gasteiger partial charge in [-0.25, -0.2) is 8.42 Å². The van der Waals surface area contributed by atoms with Crippen LogP contribution in [0.1, 0.15) is 19.8 Å². The molecule has 0 aliphatic carbocycles. The highest BCUT2D eigenvalue weighted by Crippen LogP contribution is 2.25. The lowest BCUT2D eigenvalue weighted by atomic mass is 10.2. The van der Waals surface area contributed by atoms with Gasteiger partial charge >= 0.3 is 0 Å². The second kappa shape index (κ2) is 8.39. The Labute approximate surface area is 163 Å². The quantitative estimate of drug-likeness (QED) is 0.639. The van der Waals surface area contributed by atoms with Crippen LogP contribution in [-0.2, 0) is 21.2 Å². The maximum atomic E-state index is 12.5. The first-order valence-electron chi connectivity index (χ1n) is 8.83. The highest BCUT2D eigenvalue weighted by molar-refractivity contribution is 7.99. The van der Waals surface area contributed by atoms with Gasteiger partial charge in [0.2, 0.25) is 5.91 Å². The lowest BCUT2D eigenvalue weighted by Crippen LogP contribution is -2.38. The van der Waals surface area contributed by atoms with Crippen molar-refractivity contribution < 1.29 is 13.2 Å². The summed E-state index contributed by atoms with van der Waals surface area (Å²) in [7, 11) is -1.34. The van der Waals surface area contributed by atoms with Crippen LogP contribution in [0.2, 0.25) is 0 Å². The molecule has 3 rings (SSSR count). The van der Waals surface area contributed by atoms with Crippen molar-refractivity contribution in [3.8, 4) is 11.4 Å². The smallest absolute Gasteiger partial charge is 0.233 e. The summed E-state index contributed by atoms with van der Waals surface area (Å²) in [6.07, 6.45) is 4.84. The van der Waals surface area contributed by atoms with Crippen molar-refractivity contribution in [2.45, 2.75) is 37.5 Å². The number of pyridine rings is 1. The fourth-order valence-corrected chi connectivity index (χ4v) is 5.71. The van der Waals surface area contributed by atoms with Crippen LogP contribution in [0.25, 0.3) is 11.4 Å². The number of thioether (sulfide) groups is 1. The average Bonchev–Trinajstić information content (AvgIpc) is 3.23. The van der Waals surface area contributed by atoms with Crippen LogP contribution in [-0.4, -0.2) is 69.3 Å². The Balaban J connectivity index is 1.69. The van der Waals surface area contributed by atoms with E-state index in [1.165, 1.54) is 11.8 Å². The number of sulfone groups is 1. The number of carbonyl (C=O) groups is 1. The Morgan fingerprint density at radius 3 is 2.70 bits per heavy atom. The molecular weight excluding hydrogens is 386 g/mol. The number of carbonyl (C=O) groups excluding carboxylic acids is 1. The summed E-state index contributed by atoms with van der Waals surface area (Å²) >= 11 is 1.33. The number of amides is 1. The molecule has 27 heavy (non-hydrogen) atoms. The van der Waals surface area contributed by atoms with Crippen LogP contribution in [0.4, 0.5) is 0 Å². The van der Waals surface area contributed by atoms with Crippen LogP contribution in [0.15, 0.2) is 29.7 Å². The van der Waals surface area contributed by atoms with Crippen LogP contribution in [0, 0.1) is 0 Å². The van der Waals surface area contributed by atoms with Gasteiger partial charge in [-0.3, -0.25) is 9.78 Å². The molecule has 2 aromatic heterocycles. The van der Waals surface area contributed by atoms with Gasteiger partial charge in [-0.15, -0.1) is 10.2 Å². The van der Waals surface area contributed by atoms with Crippen molar-refractivity contribution in [2.24, 2.45) is 0 Å². The van der Waals surface area contributed by atoms with Gasteiger partial charge in [-0.05, 0) is 25.0 Å². The largest absolute Gasteiger partial charge is 0.341 e. The molecule has 1 atom stereocenters. The van der Waals surface area contributed by atoms with Gasteiger partial charge in [-0.2, -0.15) is 0 Å². The molecule has 1 aliphatic rings. The molecule has 2 aromatic rings. The molecule has 146 valence electrons. The third kappa shape index (κ3) is 4.67. The first kappa shape index (κ1) is 19.8. The van der Waals surface area contributed by atoms with E-state index in [4.69, 9.17) is 0 Å². The van der Waals surface area contributed by atoms with Crippen LogP contribution in [0.3, 0.4) is 0 Å². The zero-order valence-electron chi connectivity index (χ0n) is 15.4. The highest BCUT2D eigenvalue weighted by Gasteiger charge is 2.32. The third-order valence-electron chi connectivity index (χ3n) is 4.58. The number of hydrogen-bond donors (Lipinski definition) is 0. The molecular formula is C17H23N5O3S2. The summed E-state index contributed by atoms with van der Waals surface area (Å²) in [5, 5.41) is 9.22. The number of hydrogen-bond acceptors (Lipinski definition) is 7. The molecule has 0 aromatic carbocycles. The maximum Gasteiger partial charge on any atom is 0.233 e. The van der Waals surface area contributed by atoms with E-state index in [1.807, 2.05) is 16.7 Å². The normalized spacial score (nSPS) is 18.5. The maximum absolute atomic E-state index is 12.5. The first-order valence-corrected chi connectivity index (χ1v) is 11.6. The Kier molecular flexibility index (Phi) is 6.15. The Morgan fingerprint density at radius 1 is 1.33 bits per heavy atom. The molecule has 0 saturated carbocycles. The van der Waals surface area contributed by atoms with E-state index in [-0.39, 0.29) is 29.2 Å². The van der Waals surface area contributed by atoms with Crippen molar-refractivity contribution in [3.63, 3.8) is 0 Å². The van der Waals surface area contributed by atoms with E-state index >= 15 is 0 Å². The lowest BCUT2D eigenvalue weighted by Gasteiger charge is -2.23. The summed E-state index contributed by atoms with van der Waals surface area (Å²) in [6.45, 7) is 2.82. The van der Waals surface area contributed by atoms with Crippen LogP contribution in [0.5, 0.6) is 0 Å². The third-order valence-corrected chi connectivity index (χ3v) is 7.28. The second-order valence-corrected chi connectivity index (χ2v) is 9.72. The Hall–Kier alpha value is -1.94. The van der Waals surface area contributed by atoms with Crippen molar-refractivity contribution >= 4 is 27.5 Å².